The Labute approximate surface area is 132 Å². The number of anilines is 1. The Morgan fingerprint density at radius 1 is 1.05 bits per heavy atom. The minimum absolute atomic E-state index is 0.710. The zero-order chi connectivity index (χ0) is 14.8. The molecular formula is C20H23NO. The molecule has 114 valence electrons. The molecule has 2 aromatic carbocycles. The molecule has 0 bridgehead atoms. The van der Waals surface area contributed by atoms with Crippen molar-refractivity contribution in [3.05, 3.63) is 65.2 Å². The molecule has 0 N–H and O–H groups in total. The van der Waals surface area contributed by atoms with Crippen LogP contribution < -0.4 is 4.90 Å². The number of rotatable bonds is 6. The predicted molar refractivity (Wildman–Crippen MR) is 90.4 cm³/mol. The molecular weight excluding hydrogens is 270 g/mol. The molecule has 22 heavy (non-hydrogen) atoms. The first-order chi connectivity index (χ1) is 10.9. The van der Waals surface area contributed by atoms with Crippen LogP contribution in [0.25, 0.3) is 0 Å². The van der Waals surface area contributed by atoms with Crippen LogP contribution in [0.2, 0.25) is 0 Å². The predicted octanol–water partition coefficient (Wildman–Crippen LogP) is 4.14. The fourth-order valence-corrected chi connectivity index (χ4v) is 3.33. The Morgan fingerprint density at radius 3 is 2.73 bits per heavy atom. The van der Waals surface area contributed by atoms with E-state index in [1.165, 1.54) is 36.1 Å². The minimum atomic E-state index is 0.710. The first-order valence-electron chi connectivity index (χ1n) is 8.39. The van der Waals surface area contributed by atoms with E-state index in [1.54, 1.807) is 5.56 Å². The highest BCUT2D eigenvalue weighted by Gasteiger charge is 2.26. The molecule has 0 radical (unpaired) electrons. The topological polar surface area (TPSA) is 12.5 Å². The van der Waals surface area contributed by atoms with Crippen molar-refractivity contribution >= 4 is 5.69 Å². The van der Waals surface area contributed by atoms with Crippen LogP contribution in [-0.2, 0) is 17.8 Å². The van der Waals surface area contributed by atoms with Gasteiger partial charge in [-0.05, 0) is 47.9 Å². The second-order valence-electron chi connectivity index (χ2n) is 6.44. The van der Waals surface area contributed by atoms with E-state index in [9.17, 15) is 0 Å². The zero-order valence-electron chi connectivity index (χ0n) is 13.0. The number of benzene rings is 2. The monoisotopic (exact) mass is 293 g/mol. The van der Waals surface area contributed by atoms with Gasteiger partial charge in [-0.3, -0.25) is 0 Å². The smallest absolute Gasteiger partial charge is 0.0717 e. The maximum atomic E-state index is 5.83. The Morgan fingerprint density at radius 2 is 1.91 bits per heavy atom. The summed E-state index contributed by atoms with van der Waals surface area (Å²) in [4.78, 5) is 2.47. The van der Waals surface area contributed by atoms with Gasteiger partial charge in [0.2, 0.25) is 0 Å². The third-order valence-corrected chi connectivity index (χ3v) is 4.76. The Hall–Kier alpha value is -1.80. The van der Waals surface area contributed by atoms with E-state index in [4.69, 9.17) is 4.74 Å². The lowest BCUT2D eigenvalue weighted by Crippen LogP contribution is -2.25. The van der Waals surface area contributed by atoms with Gasteiger partial charge < -0.3 is 9.64 Å². The molecule has 2 nitrogen and oxygen atoms in total. The molecule has 0 aromatic heterocycles. The molecule has 2 heteroatoms. The van der Waals surface area contributed by atoms with Crippen molar-refractivity contribution in [2.75, 3.05) is 24.6 Å². The van der Waals surface area contributed by atoms with E-state index < -0.39 is 0 Å². The molecule has 1 aliphatic heterocycles. The van der Waals surface area contributed by atoms with Crippen molar-refractivity contribution in [2.24, 2.45) is 0 Å². The number of nitrogens with zero attached hydrogens (tertiary/aromatic N) is 1. The van der Waals surface area contributed by atoms with Gasteiger partial charge in [0.25, 0.3) is 0 Å². The van der Waals surface area contributed by atoms with Gasteiger partial charge >= 0.3 is 0 Å². The lowest BCUT2D eigenvalue weighted by Gasteiger charge is -2.19. The van der Waals surface area contributed by atoms with Crippen molar-refractivity contribution < 1.29 is 4.74 Å². The van der Waals surface area contributed by atoms with Crippen molar-refractivity contribution in [3.63, 3.8) is 0 Å². The Balaban J connectivity index is 1.30. The van der Waals surface area contributed by atoms with E-state index in [-0.39, 0.29) is 0 Å². The normalized spacial score (nSPS) is 16.8. The minimum Gasteiger partial charge on any atom is -0.375 e. The lowest BCUT2D eigenvalue weighted by molar-refractivity contribution is 0.127. The summed E-state index contributed by atoms with van der Waals surface area (Å²) in [6.07, 6.45) is 3.96. The van der Waals surface area contributed by atoms with Gasteiger partial charge in [0.05, 0.1) is 13.2 Å². The van der Waals surface area contributed by atoms with Crippen LogP contribution in [0, 0.1) is 0 Å². The lowest BCUT2D eigenvalue weighted by atomic mass is 10.1. The van der Waals surface area contributed by atoms with E-state index in [0.29, 0.717) is 6.61 Å². The molecule has 0 atom stereocenters. The summed E-state index contributed by atoms with van der Waals surface area (Å²) in [5.74, 6) is 0.855. The molecule has 0 spiro atoms. The van der Waals surface area contributed by atoms with Gasteiger partial charge in [0.1, 0.15) is 0 Å². The molecule has 1 saturated carbocycles. The quantitative estimate of drug-likeness (QED) is 0.742. The fourth-order valence-electron chi connectivity index (χ4n) is 3.33. The van der Waals surface area contributed by atoms with Gasteiger partial charge in [-0.25, -0.2) is 0 Å². The largest absolute Gasteiger partial charge is 0.375 e. The Kier molecular flexibility index (Phi) is 3.86. The summed E-state index contributed by atoms with van der Waals surface area (Å²) in [6.45, 7) is 3.63. The van der Waals surface area contributed by atoms with Crippen LogP contribution in [0.4, 0.5) is 5.69 Å². The molecule has 2 aliphatic rings. The highest BCUT2D eigenvalue weighted by atomic mass is 16.5. The van der Waals surface area contributed by atoms with Gasteiger partial charge in [-0.1, -0.05) is 42.5 Å². The second-order valence-corrected chi connectivity index (χ2v) is 6.44. The number of fused-ring (bicyclic) bond motifs is 1. The van der Waals surface area contributed by atoms with Gasteiger partial charge in [0.15, 0.2) is 0 Å². The molecule has 0 saturated heterocycles. The SMILES string of the molecule is c1ccc(COCCN2CCc3cc(C4CC4)ccc32)cc1. The van der Waals surface area contributed by atoms with Gasteiger partial charge in [0, 0.05) is 18.8 Å². The van der Waals surface area contributed by atoms with Crippen molar-refractivity contribution in [3.8, 4) is 0 Å². The van der Waals surface area contributed by atoms with E-state index in [1.807, 2.05) is 6.07 Å². The number of hydrogen-bond acceptors (Lipinski definition) is 2. The maximum Gasteiger partial charge on any atom is 0.0717 e. The molecule has 2 aromatic rings. The van der Waals surface area contributed by atoms with E-state index >= 15 is 0 Å². The van der Waals surface area contributed by atoms with Crippen LogP contribution in [-0.4, -0.2) is 19.7 Å². The third-order valence-electron chi connectivity index (χ3n) is 4.76. The molecule has 0 amide bonds. The summed E-state index contributed by atoms with van der Waals surface area (Å²) in [7, 11) is 0. The zero-order valence-corrected chi connectivity index (χ0v) is 13.0. The molecule has 1 aliphatic carbocycles. The fraction of sp³-hybridized carbons (Fsp3) is 0.400. The molecule has 1 fully saturated rings. The number of hydrogen-bond donors (Lipinski definition) is 0. The highest BCUT2D eigenvalue weighted by molar-refractivity contribution is 5.59. The average molecular weight is 293 g/mol. The maximum absolute atomic E-state index is 5.83. The van der Waals surface area contributed by atoms with Crippen LogP contribution >= 0.6 is 0 Å². The summed E-state index contributed by atoms with van der Waals surface area (Å²) < 4.78 is 5.83. The van der Waals surface area contributed by atoms with Crippen molar-refractivity contribution in [1.82, 2.24) is 0 Å². The van der Waals surface area contributed by atoms with Crippen molar-refractivity contribution in [2.45, 2.75) is 31.8 Å². The van der Waals surface area contributed by atoms with Crippen LogP contribution in [0.5, 0.6) is 0 Å². The third kappa shape index (κ3) is 3.02. The first-order valence-corrected chi connectivity index (χ1v) is 8.39. The van der Waals surface area contributed by atoms with Crippen LogP contribution in [0.3, 0.4) is 0 Å². The summed E-state index contributed by atoms with van der Waals surface area (Å²) in [6, 6.07) is 17.5. The van der Waals surface area contributed by atoms with E-state index in [2.05, 4.69) is 47.4 Å². The average Bonchev–Trinajstić information content (AvgIpc) is 3.34. The number of ether oxygens (including phenoxy) is 1. The highest BCUT2D eigenvalue weighted by Crippen LogP contribution is 2.42. The van der Waals surface area contributed by atoms with Crippen LogP contribution in [0.1, 0.15) is 35.4 Å². The van der Waals surface area contributed by atoms with Gasteiger partial charge in [-0.2, -0.15) is 0 Å². The van der Waals surface area contributed by atoms with Crippen molar-refractivity contribution in [1.29, 1.82) is 0 Å². The summed E-state index contributed by atoms with van der Waals surface area (Å²) >= 11 is 0. The summed E-state index contributed by atoms with van der Waals surface area (Å²) in [5, 5.41) is 0. The molecule has 1 heterocycles. The summed E-state index contributed by atoms with van der Waals surface area (Å²) in [5.41, 5.74) is 5.76. The molecule has 0 unspecified atom stereocenters. The standard InChI is InChI=1S/C20H23NO/c1-2-4-16(5-3-1)15-22-13-12-21-11-10-19-14-18(17-6-7-17)8-9-20(19)21/h1-5,8-9,14,17H,6-7,10-13,15H2. The van der Waals surface area contributed by atoms with E-state index in [0.717, 1.165) is 25.6 Å². The first kappa shape index (κ1) is 13.8. The van der Waals surface area contributed by atoms with Crippen LogP contribution in [0.15, 0.2) is 48.5 Å². The van der Waals surface area contributed by atoms with Gasteiger partial charge in [-0.15, -0.1) is 0 Å². The second kappa shape index (κ2) is 6.13. The Bertz CT molecular complexity index is 633. The molecule has 4 rings (SSSR count).